The van der Waals surface area contributed by atoms with Gasteiger partial charge in [0.25, 0.3) is 0 Å². The van der Waals surface area contributed by atoms with Crippen LogP contribution in [0.3, 0.4) is 0 Å². The van der Waals surface area contributed by atoms with Crippen molar-refractivity contribution in [3.8, 4) is 11.7 Å². The van der Waals surface area contributed by atoms with Gasteiger partial charge in [-0.2, -0.15) is 0 Å². The summed E-state index contributed by atoms with van der Waals surface area (Å²) < 4.78 is 0. The molecule has 2 aromatic carbocycles. The lowest BCUT2D eigenvalue weighted by molar-refractivity contribution is 1.52. The Morgan fingerprint density at radius 3 is 2.54 bits per heavy atom. The standard InChI is InChI=1S/C12H8S/c1-2-13-12-8-7-10-5-3-4-6-11(10)9-12/h1,3-9H. The first-order chi connectivity index (χ1) is 6.40. The average molecular weight is 184 g/mol. The van der Waals surface area contributed by atoms with Crippen molar-refractivity contribution in [3.63, 3.8) is 0 Å². The molecule has 0 unspecified atom stereocenters. The van der Waals surface area contributed by atoms with E-state index in [-0.39, 0.29) is 0 Å². The fourth-order valence-corrected chi connectivity index (χ4v) is 1.76. The number of fused-ring (bicyclic) bond motifs is 1. The van der Waals surface area contributed by atoms with Crippen LogP contribution in [0.15, 0.2) is 47.4 Å². The Morgan fingerprint density at radius 2 is 1.77 bits per heavy atom. The lowest BCUT2D eigenvalue weighted by atomic mass is 10.1. The quantitative estimate of drug-likeness (QED) is 0.482. The largest absolute Gasteiger partial charge is 0.108 e. The minimum Gasteiger partial charge on any atom is -0.108 e. The Labute approximate surface area is 82.0 Å². The van der Waals surface area contributed by atoms with Crippen LogP contribution < -0.4 is 0 Å². The summed E-state index contributed by atoms with van der Waals surface area (Å²) in [6, 6.07) is 14.5. The molecular formula is C12H8S. The van der Waals surface area contributed by atoms with Gasteiger partial charge in [0, 0.05) is 4.90 Å². The molecule has 0 aromatic heterocycles. The maximum Gasteiger partial charge on any atom is 0.0209 e. The van der Waals surface area contributed by atoms with E-state index in [0.717, 1.165) is 4.90 Å². The van der Waals surface area contributed by atoms with Gasteiger partial charge >= 0.3 is 0 Å². The molecule has 0 N–H and O–H groups in total. The van der Waals surface area contributed by atoms with Gasteiger partial charge < -0.3 is 0 Å². The smallest absolute Gasteiger partial charge is 0.0209 e. The van der Waals surface area contributed by atoms with Crippen LogP contribution in [0.25, 0.3) is 10.8 Å². The van der Waals surface area contributed by atoms with Crippen molar-refractivity contribution in [1.29, 1.82) is 0 Å². The Morgan fingerprint density at radius 1 is 1.00 bits per heavy atom. The van der Waals surface area contributed by atoms with E-state index in [4.69, 9.17) is 6.42 Å². The molecule has 0 saturated heterocycles. The topological polar surface area (TPSA) is 0 Å². The number of benzene rings is 2. The van der Waals surface area contributed by atoms with Crippen molar-refractivity contribution in [1.82, 2.24) is 0 Å². The summed E-state index contributed by atoms with van der Waals surface area (Å²) in [6.45, 7) is 0. The third-order valence-corrected chi connectivity index (χ3v) is 2.51. The van der Waals surface area contributed by atoms with Crippen molar-refractivity contribution in [2.45, 2.75) is 4.90 Å². The second-order valence-electron chi connectivity index (χ2n) is 2.73. The van der Waals surface area contributed by atoms with E-state index < -0.39 is 0 Å². The average Bonchev–Trinajstić information content (AvgIpc) is 2.18. The highest BCUT2D eigenvalue weighted by Gasteiger charge is 1.94. The zero-order valence-electron chi connectivity index (χ0n) is 7.03. The van der Waals surface area contributed by atoms with Crippen molar-refractivity contribution in [2.75, 3.05) is 0 Å². The molecule has 0 amide bonds. The van der Waals surface area contributed by atoms with Crippen LogP contribution in [0.1, 0.15) is 0 Å². The maximum absolute atomic E-state index is 5.22. The van der Waals surface area contributed by atoms with Gasteiger partial charge in [-0.1, -0.05) is 30.3 Å². The second kappa shape index (κ2) is 3.55. The van der Waals surface area contributed by atoms with Crippen LogP contribution in [0, 0.1) is 11.7 Å². The van der Waals surface area contributed by atoms with E-state index >= 15 is 0 Å². The third kappa shape index (κ3) is 1.68. The summed E-state index contributed by atoms with van der Waals surface area (Å²) in [5.41, 5.74) is 0. The summed E-state index contributed by atoms with van der Waals surface area (Å²) >= 11 is 1.42. The molecule has 0 heterocycles. The molecule has 0 saturated carbocycles. The van der Waals surface area contributed by atoms with Gasteiger partial charge in [0.1, 0.15) is 0 Å². The molecule has 62 valence electrons. The van der Waals surface area contributed by atoms with Gasteiger partial charge in [0.2, 0.25) is 0 Å². The first-order valence-corrected chi connectivity index (χ1v) is 4.83. The van der Waals surface area contributed by atoms with Crippen molar-refractivity contribution in [2.24, 2.45) is 0 Å². The van der Waals surface area contributed by atoms with E-state index in [1.807, 2.05) is 18.2 Å². The fourth-order valence-electron chi connectivity index (χ4n) is 1.30. The van der Waals surface area contributed by atoms with Gasteiger partial charge in [-0.3, -0.25) is 0 Å². The molecule has 0 radical (unpaired) electrons. The van der Waals surface area contributed by atoms with E-state index in [2.05, 4.69) is 29.5 Å². The third-order valence-electron chi connectivity index (χ3n) is 1.90. The van der Waals surface area contributed by atoms with Crippen LogP contribution >= 0.6 is 11.8 Å². The molecule has 0 fully saturated rings. The van der Waals surface area contributed by atoms with E-state index in [1.165, 1.54) is 22.5 Å². The lowest BCUT2D eigenvalue weighted by Gasteiger charge is -1.98. The number of hydrogen-bond donors (Lipinski definition) is 0. The van der Waals surface area contributed by atoms with E-state index in [9.17, 15) is 0 Å². The summed E-state index contributed by atoms with van der Waals surface area (Å²) in [5, 5.41) is 5.06. The molecule has 2 rings (SSSR count). The van der Waals surface area contributed by atoms with Gasteiger partial charge in [-0.05, 0) is 39.9 Å². The van der Waals surface area contributed by atoms with Gasteiger partial charge in [-0.15, -0.1) is 6.42 Å². The number of terminal acetylenes is 1. The molecule has 0 atom stereocenters. The number of rotatable bonds is 1. The minimum absolute atomic E-state index is 1.13. The van der Waals surface area contributed by atoms with E-state index in [1.54, 1.807) is 0 Å². The zero-order valence-corrected chi connectivity index (χ0v) is 7.84. The summed E-state index contributed by atoms with van der Waals surface area (Å²) in [4.78, 5) is 1.13. The monoisotopic (exact) mass is 184 g/mol. The van der Waals surface area contributed by atoms with E-state index in [0.29, 0.717) is 0 Å². The van der Waals surface area contributed by atoms with Gasteiger partial charge in [0.05, 0.1) is 0 Å². The van der Waals surface area contributed by atoms with Crippen LogP contribution in [0.2, 0.25) is 0 Å². The Bertz CT molecular complexity index is 466. The first-order valence-electron chi connectivity index (χ1n) is 4.01. The molecule has 13 heavy (non-hydrogen) atoms. The van der Waals surface area contributed by atoms with Crippen LogP contribution in [-0.4, -0.2) is 0 Å². The number of thioether (sulfide) groups is 1. The summed E-state index contributed by atoms with van der Waals surface area (Å²) in [6.07, 6.45) is 5.22. The van der Waals surface area contributed by atoms with Crippen molar-refractivity contribution >= 4 is 22.5 Å². The molecule has 1 heteroatoms. The highest BCUT2D eigenvalue weighted by molar-refractivity contribution is 8.03. The first kappa shape index (κ1) is 8.22. The van der Waals surface area contributed by atoms with Crippen molar-refractivity contribution in [3.05, 3.63) is 42.5 Å². The van der Waals surface area contributed by atoms with Crippen LogP contribution in [0.5, 0.6) is 0 Å². The maximum atomic E-state index is 5.22. The molecule has 0 bridgehead atoms. The minimum atomic E-state index is 1.13. The zero-order chi connectivity index (χ0) is 9.10. The van der Waals surface area contributed by atoms with Crippen LogP contribution in [-0.2, 0) is 0 Å². The molecular weight excluding hydrogens is 176 g/mol. The normalized spacial score (nSPS) is 9.77. The fraction of sp³-hybridized carbons (Fsp3) is 0. The summed E-state index contributed by atoms with van der Waals surface area (Å²) in [5.74, 6) is 0. The molecule has 0 aliphatic carbocycles. The highest BCUT2D eigenvalue weighted by atomic mass is 32.2. The molecule has 0 aliphatic heterocycles. The molecule has 2 aromatic rings. The van der Waals surface area contributed by atoms with Crippen LogP contribution in [0.4, 0.5) is 0 Å². The predicted molar refractivity (Wildman–Crippen MR) is 58.6 cm³/mol. The molecule has 0 nitrogen and oxygen atoms in total. The lowest BCUT2D eigenvalue weighted by Crippen LogP contribution is -1.72. The number of hydrogen-bond acceptors (Lipinski definition) is 1. The second-order valence-corrected chi connectivity index (χ2v) is 3.64. The molecule has 0 spiro atoms. The molecule has 0 aliphatic rings. The Hall–Kier alpha value is -1.39. The SMILES string of the molecule is C#CSc1ccc2ccccc2c1. The highest BCUT2D eigenvalue weighted by Crippen LogP contribution is 2.22. The predicted octanol–water partition coefficient (Wildman–Crippen LogP) is 3.52. The Kier molecular flexibility index (Phi) is 2.25. The van der Waals surface area contributed by atoms with Gasteiger partial charge in [-0.25, -0.2) is 0 Å². The Balaban J connectivity index is 2.57. The van der Waals surface area contributed by atoms with Gasteiger partial charge in [0.15, 0.2) is 0 Å². The summed E-state index contributed by atoms with van der Waals surface area (Å²) in [7, 11) is 0. The van der Waals surface area contributed by atoms with Crippen molar-refractivity contribution < 1.29 is 0 Å².